The van der Waals surface area contributed by atoms with E-state index in [2.05, 4.69) is 20.6 Å². The number of ether oxygens (including phenoxy) is 1. The van der Waals surface area contributed by atoms with Gasteiger partial charge in [-0.3, -0.25) is 14.9 Å². The zero-order valence-electron chi connectivity index (χ0n) is 16.8. The highest BCUT2D eigenvalue weighted by Crippen LogP contribution is 2.30. The molecular formula is C20H21N7O4. The van der Waals surface area contributed by atoms with Crippen LogP contribution in [0.1, 0.15) is 12.8 Å². The summed E-state index contributed by atoms with van der Waals surface area (Å²) in [7, 11) is 1.45. The molecule has 4 rings (SSSR count). The van der Waals surface area contributed by atoms with Gasteiger partial charge in [0.2, 0.25) is 5.91 Å². The molecule has 1 atom stereocenters. The highest BCUT2D eigenvalue weighted by atomic mass is 16.6. The molecule has 1 aliphatic heterocycles. The van der Waals surface area contributed by atoms with E-state index in [9.17, 15) is 14.9 Å². The summed E-state index contributed by atoms with van der Waals surface area (Å²) in [6.07, 6.45) is 4.97. The first-order valence-electron chi connectivity index (χ1n) is 9.77. The zero-order chi connectivity index (χ0) is 21.8. The minimum atomic E-state index is -0.511. The fourth-order valence-electron chi connectivity index (χ4n) is 3.55. The van der Waals surface area contributed by atoms with Gasteiger partial charge in [0.1, 0.15) is 5.75 Å². The van der Waals surface area contributed by atoms with Crippen LogP contribution in [-0.4, -0.2) is 51.0 Å². The predicted octanol–water partition coefficient (Wildman–Crippen LogP) is 2.43. The molecule has 1 N–H and O–H groups in total. The van der Waals surface area contributed by atoms with E-state index in [0.29, 0.717) is 30.4 Å². The maximum atomic E-state index is 12.9. The number of non-ortho nitro benzene ring substituents is 1. The van der Waals surface area contributed by atoms with Crippen LogP contribution in [0.5, 0.6) is 5.75 Å². The number of hydrogen-bond donors (Lipinski definition) is 1. The number of carbonyl (C=O) groups excluding carboxylic acids is 1. The van der Waals surface area contributed by atoms with Crippen LogP contribution < -0.4 is 15.0 Å². The highest BCUT2D eigenvalue weighted by molar-refractivity contribution is 5.94. The molecule has 3 heterocycles. The van der Waals surface area contributed by atoms with Gasteiger partial charge in [0, 0.05) is 37.6 Å². The maximum absolute atomic E-state index is 12.9. The van der Waals surface area contributed by atoms with Crippen molar-refractivity contribution >= 4 is 23.1 Å². The Kier molecular flexibility index (Phi) is 5.74. The highest BCUT2D eigenvalue weighted by Gasteiger charge is 2.28. The summed E-state index contributed by atoms with van der Waals surface area (Å²) in [5, 5.41) is 26.5. The van der Waals surface area contributed by atoms with Crippen molar-refractivity contribution in [2.75, 3.05) is 30.4 Å². The number of nitrogens with zero attached hydrogens (tertiary/aromatic N) is 6. The lowest BCUT2D eigenvalue weighted by Gasteiger charge is -2.32. The van der Waals surface area contributed by atoms with E-state index in [4.69, 9.17) is 4.74 Å². The molecule has 0 spiro atoms. The number of piperidine rings is 1. The molecule has 1 fully saturated rings. The number of anilines is 2. The summed E-state index contributed by atoms with van der Waals surface area (Å²) < 4.78 is 6.85. The number of amides is 1. The van der Waals surface area contributed by atoms with Gasteiger partial charge in [0.15, 0.2) is 11.6 Å². The quantitative estimate of drug-likeness (QED) is 0.473. The third-order valence-corrected chi connectivity index (χ3v) is 5.14. The Balaban J connectivity index is 1.45. The first-order valence-corrected chi connectivity index (χ1v) is 9.77. The van der Waals surface area contributed by atoms with Gasteiger partial charge >= 0.3 is 0 Å². The molecule has 0 bridgehead atoms. The first-order chi connectivity index (χ1) is 15.0. The van der Waals surface area contributed by atoms with Crippen molar-refractivity contribution < 1.29 is 14.5 Å². The number of nitrogens with one attached hydrogen (secondary N) is 1. The first kappa shape index (κ1) is 20.3. The van der Waals surface area contributed by atoms with Gasteiger partial charge in [0.05, 0.1) is 23.6 Å². The molecule has 1 aromatic carbocycles. The van der Waals surface area contributed by atoms with Gasteiger partial charge < -0.3 is 15.0 Å². The zero-order valence-corrected chi connectivity index (χ0v) is 16.8. The number of methoxy groups -OCH3 is 1. The van der Waals surface area contributed by atoms with E-state index in [1.165, 1.54) is 25.3 Å². The maximum Gasteiger partial charge on any atom is 0.271 e. The van der Waals surface area contributed by atoms with Crippen molar-refractivity contribution in [2.45, 2.75) is 12.8 Å². The van der Waals surface area contributed by atoms with E-state index >= 15 is 0 Å². The van der Waals surface area contributed by atoms with Crippen LogP contribution in [0, 0.1) is 16.0 Å². The average Bonchev–Trinajstić information content (AvgIpc) is 3.34. The average molecular weight is 423 g/mol. The lowest BCUT2D eigenvalue weighted by Crippen LogP contribution is -2.41. The molecule has 31 heavy (non-hydrogen) atoms. The summed E-state index contributed by atoms with van der Waals surface area (Å²) in [5.74, 6) is 1.14. The number of nitro benzene ring substituents is 1. The van der Waals surface area contributed by atoms with Crippen LogP contribution in [0.2, 0.25) is 0 Å². The number of carbonyl (C=O) groups is 1. The third kappa shape index (κ3) is 4.44. The SMILES string of the molecule is COc1ccc([N+](=O)[O-])cc1NC(=O)C1CCCN(c2ccc(-n3cccn3)nn2)C1. The van der Waals surface area contributed by atoms with Crippen molar-refractivity contribution in [1.82, 2.24) is 20.0 Å². The van der Waals surface area contributed by atoms with Crippen LogP contribution in [0.15, 0.2) is 48.8 Å². The van der Waals surface area contributed by atoms with Crippen LogP contribution >= 0.6 is 0 Å². The van der Waals surface area contributed by atoms with E-state index in [0.717, 1.165) is 13.0 Å². The molecule has 0 saturated carbocycles. The van der Waals surface area contributed by atoms with Crippen LogP contribution in [0.25, 0.3) is 5.82 Å². The van der Waals surface area contributed by atoms with Gasteiger partial charge in [-0.05, 0) is 37.1 Å². The van der Waals surface area contributed by atoms with Crippen molar-refractivity contribution in [3.05, 3.63) is 58.9 Å². The second-order valence-electron chi connectivity index (χ2n) is 7.12. The smallest absolute Gasteiger partial charge is 0.271 e. The number of rotatable bonds is 6. The monoisotopic (exact) mass is 423 g/mol. The predicted molar refractivity (Wildman–Crippen MR) is 112 cm³/mol. The van der Waals surface area contributed by atoms with Crippen LogP contribution in [-0.2, 0) is 4.79 Å². The van der Waals surface area contributed by atoms with Gasteiger partial charge in [-0.25, -0.2) is 4.68 Å². The van der Waals surface area contributed by atoms with Crippen molar-refractivity contribution in [1.29, 1.82) is 0 Å². The van der Waals surface area contributed by atoms with E-state index in [1.807, 2.05) is 17.0 Å². The van der Waals surface area contributed by atoms with Crippen LogP contribution in [0.4, 0.5) is 17.2 Å². The Morgan fingerprint density at radius 1 is 1.26 bits per heavy atom. The largest absolute Gasteiger partial charge is 0.495 e. The standard InChI is InChI=1S/C20H21N7O4/c1-31-17-6-5-15(27(29)30)12-16(17)22-20(28)14-4-2-10-25(13-14)18-7-8-19(24-23-18)26-11-3-9-21-26/h3,5-9,11-12,14H,2,4,10,13H2,1H3,(H,22,28). The topological polar surface area (TPSA) is 128 Å². The summed E-state index contributed by atoms with van der Waals surface area (Å²) in [4.78, 5) is 25.5. The Labute approximate surface area is 177 Å². The Morgan fingerprint density at radius 3 is 2.74 bits per heavy atom. The normalized spacial score (nSPS) is 16.0. The summed E-state index contributed by atoms with van der Waals surface area (Å²) in [5.41, 5.74) is 0.163. The van der Waals surface area contributed by atoms with Gasteiger partial charge in [-0.15, -0.1) is 10.2 Å². The van der Waals surface area contributed by atoms with Crippen molar-refractivity contribution in [3.8, 4) is 11.6 Å². The molecule has 1 saturated heterocycles. The summed E-state index contributed by atoms with van der Waals surface area (Å²) in [6.45, 7) is 1.23. The third-order valence-electron chi connectivity index (χ3n) is 5.14. The fourth-order valence-corrected chi connectivity index (χ4v) is 3.55. The number of nitro groups is 1. The lowest BCUT2D eigenvalue weighted by atomic mass is 9.97. The molecule has 1 amide bonds. The minimum Gasteiger partial charge on any atom is -0.495 e. The van der Waals surface area contributed by atoms with Gasteiger partial charge in [0.25, 0.3) is 5.69 Å². The summed E-state index contributed by atoms with van der Waals surface area (Å²) >= 11 is 0. The molecule has 2 aromatic heterocycles. The molecule has 3 aromatic rings. The molecule has 11 nitrogen and oxygen atoms in total. The van der Waals surface area contributed by atoms with Gasteiger partial charge in [-0.1, -0.05) is 0 Å². The molecule has 11 heteroatoms. The lowest BCUT2D eigenvalue weighted by molar-refractivity contribution is -0.384. The van der Waals surface area contributed by atoms with E-state index in [-0.39, 0.29) is 23.2 Å². The summed E-state index contributed by atoms with van der Waals surface area (Å²) in [6, 6.07) is 9.59. The Bertz CT molecular complexity index is 1070. The molecule has 160 valence electrons. The number of aromatic nitrogens is 4. The Morgan fingerprint density at radius 2 is 2.06 bits per heavy atom. The molecular weight excluding hydrogens is 402 g/mol. The Hall–Kier alpha value is -4.02. The molecule has 0 aliphatic carbocycles. The molecule has 1 aliphatic rings. The van der Waals surface area contributed by atoms with Gasteiger partial charge in [-0.2, -0.15) is 5.10 Å². The fraction of sp³-hybridized carbons (Fsp3) is 0.300. The minimum absolute atomic E-state index is 0.117. The molecule has 0 radical (unpaired) electrons. The van der Waals surface area contributed by atoms with E-state index in [1.54, 1.807) is 23.1 Å². The second kappa shape index (κ2) is 8.78. The van der Waals surface area contributed by atoms with Crippen molar-refractivity contribution in [2.24, 2.45) is 5.92 Å². The number of benzene rings is 1. The van der Waals surface area contributed by atoms with Crippen molar-refractivity contribution in [3.63, 3.8) is 0 Å². The number of hydrogen-bond acceptors (Lipinski definition) is 8. The second-order valence-corrected chi connectivity index (χ2v) is 7.12. The molecule has 1 unspecified atom stereocenters. The van der Waals surface area contributed by atoms with E-state index < -0.39 is 4.92 Å². The van der Waals surface area contributed by atoms with Crippen LogP contribution in [0.3, 0.4) is 0 Å².